The quantitative estimate of drug-likeness (QED) is 0.177. The van der Waals surface area contributed by atoms with Gasteiger partial charge in [0.15, 0.2) is 0 Å². The zero-order valence-electron chi connectivity index (χ0n) is 25.1. The molecule has 46 heavy (non-hydrogen) atoms. The number of hydrogen-bond donors (Lipinski definition) is 0. The van der Waals surface area contributed by atoms with E-state index >= 15 is 0 Å². The Labute approximate surface area is 272 Å². The van der Waals surface area contributed by atoms with Gasteiger partial charge in [0, 0.05) is 37.2 Å². The molecule has 0 bridgehead atoms. The van der Waals surface area contributed by atoms with Crippen LogP contribution >= 0.6 is 11.3 Å². The largest absolute Gasteiger partial charge is 0.310 e. The minimum atomic E-state index is 1.12. The Morgan fingerprint density at radius 1 is 0.326 bits per heavy atom. The highest BCUT2D eigenvalue weighted by Gasteiger charge is 2.17. The molecule has 1 nitrogen and oxygen atoms in total. The lowest BCUT2D eigenvalue weighted by Gasteiger charge is -2.27. The highest BCUT2D eigenvalue weighted by atomic mass is 32.1. The van der Waals surface area contributed by atoms with E-state index in [4.69, 9.17) is 0 Å². The first-order valence-electron chi connectivity index (χ1n) is 15.7. The number of fused-ring (bicyclic) bond motifs is 7. The normalized spacial score (nSPS) is 11.5. The van der Waals surface area contributed by atoms with Gasteiger partial charge in [-0.25, -0.2) is 0 Å². The van der Waals surface area contributed by atoms with Crippen molar-refractivity contribution in [3.8, 4) is 22.3 Å². The number of nitrogens with zero attached hydrogens (tertiary/aromatic N) is 1. The Hall–Kier alpha value is -5.70. The summed E-state index contributed by atoms with van der Waals surface area (Å²) in [5, 5.41) is 7.79. The zero-order valence-corrected chi connectivity index (χ0v) is 25.9. The molecular formula is C44H29NS. The standard InChI is InChI=1S/C44H29NS/c1-3-11-30(12-4-1)34-15-9-17-36(27-34)45(37-18-10-16-35(28-37)31-13-5-2-6-14-31)38-25-23-32-21-22-33-24-26-42-44(43(33)40(32)29-38)39-19-7-8-20-41(39)46-42/h1-29H. The van der Waals surface area contributed by atoms with E-state index in [2.05, 4.69) is 181 Å². The van der Waals surface area contributed by atoms with Crippen LogP contribution in [0.4, 0.5) is 17.1 Å². The predicted octanol–water partition coefficient (Wildman–Crippen LogP) is 13.2. The Morgan fingerprint density at radius 2 is 0.870 bits per heavy atom. The first-order valence-corrected chi connectivity index (χ1v) is 16.5. The van der Waals surface area contributed by atoms with Crippen molar-refractivity contribution < 1.29 is 0 Å². The van der Waals surface area contributed by atoms with E-state index in [1.165, 1.54) is 64.0 Å². The van der Waals surface area contributed by atoms with Gasteiger partial charge in [0.1, 0.15) is 0 Å². The van der Waals surface area contributed by atoms with Gasteiger partial charge in [0.05, 0.1) is 0 Å². The first kappa shape index (κ1) is 26.7. The van der Waals surface area contributed by atoms with E-state index in [-0.39, 0.29) is 0 Å². The molecule has 0 fully saturated rings. The van der Waals surface area contributed by atoms with Crippen molar-refractivity contribution in [3.63, 3.8) is 0 Å². The molecule has 216 valence electrons. The topological polar surface area (TPSA) is 3.24 Å². The Balaban J connectivity index is 1.31. The third-order valence-electron chi connectivity index (χ3n) is 9.01. The van der Waals surface area contributed by atoms with E-state index in [9.17, 15) is 0 Å². The van der Waals surface area contributed by atoms with Crippen LogP contribution in [0.25, 0.3) is 64.0 Å². The molecule has 0 aliphatic rings. The molecule has 2 heteroatoms. The summed E-state index contributed by atoms with van der Waals surface area (Å²) in [5.41, 5.74) is 8.18. The number of hydrogen-bond acceptors (Lipinski definition) is 2. The summed E-state index contributed by atoms with van der Waals surface area (Å²) in [6.45, 7) is 0. The fourth-order valence-corrected chi connectivity index (χ4v) is 7.96. The lowest BCUT2D eigenvalue weighted by Crippen LogP contribution is -2.10. The second-order valence-corrected chi connectivity index (χ2v) is 12.9. The van der Waals surface area contributed by atoms with Crippen LogP contribution in [0.5, 0.6) is 0 Å². The fraction of sp³-hybridized carbons (Fsp3) is 0. The Bertz CT molecular complexity index is 2450. The molecule has 0 spiro atoms. The van der Waals surface area contributed by atoms with Crippen molar-refractivity contribution in [1.82, 2.24) is 0 Å². The molecule has 8 aromatic carbocycles. The van der Waals surface area contributed by atoms with Gasteiger partial charge in [-0.15, -0.1) is 11.3 Å². The van der Waals surface area contributed by atoms with Gasteiger partial charge in [-0.2, -0.15) is 0 Å². The third-order valence-corrected chi connectivity index (χ3v) is 10.1. The van der Waals surface area contributed by atoms with Gasteiger partial charge in [0.25, 0.3) is 0 Å². The lowest BCUT2D eigenvalue weighted by molar-refractivity contribution is 1.29. The average Bonchev–Trinajstić information content (AvgIpc) is 3.52. The molecule has 0 aliphatic carbocycles. The molecule has 0 amide bonds. The molecule has 0 atom stereocenters. The molecule has 0 saturated heterocycles. The Kier molecular flexibility index (Phi) is 6.40. The Morgan fingerprint density at radius 3 is 1.57 bits per heavy atom. The summed E-state index contributed by atoms with van der Waals surface area (Å²) in [6, 6.07) is 63.9. The van der Waals surface area contributed by atoms with Crippen molar-refractivity contribution in [2.75, 3.05) is 4.90 Å². The second kappa shape index (κ2) is 11.0. The fourth-order valence-electron chi connectivity index (χ4n) is 6.84. The summed E-state index contributed by atoms with van der Waals surface area (Å²) in [6.07, 6.45) is 0. The summed E-state index contributed by atoms with van der Waals surface area (Å²) >= 11 is 1.88. The van der Waals surface area contributed by atoms with Crippen molar-refractivity contribution in [2.24, 2.45) is 0 Å². The molecule has 0 unspecified atom stereocenters. The first-order chi connectivity index (χ1) is 22.8. The van der Waals surface area contributed by atoms with Crippen LogP contribution in [-0.4, -0.2) is 0 Å². The highest BCUT2D eigenvalue weighted by molar-refractivity contribution is 7.26. The van der Waals surface area contributed by atoms with Crippen LogP contribution < -0.4 is 4.90 Å². The summed E-state index contributed by atoms with van der Waals surface area (Å²) in [7, 11) is 0. The molecule has 9 rings (SSSR count). The summed E-state index contributed by atoms with van der Waals surface area (Å²) < 4.78 is 2.66. The SMILES string of the molecule is c1ccc(-c2cccc(N(c3cccc(-c4ccccc4)c3)c3ccc4ccc5ccc6sc7ccccc7c6c5c4c3)c2)cc1. The monoisotopic (exact) mass is 603 g/mol. The number of thiophene rings is 1. The predicted molar refractivity (Wildman–Crippen MR) is 200 cm³/mol. The van der Waals surface area contributed by atoms with Crippen LogP contribution in [0.15, 0.2) is 176 Å². The number of anilines is 3. The molecule has 0 aliphatic heterocycles. The van der Waals surface area contributed by atoms with E-state index in [1.54, 1.807) is 0 Å². The highest BCUT2D eigenvalue weighted by Crippen LogP contribution is 2.44. The molecule has 1 heterocycles. The van der Waals surface area contributed by atoms with Crippen molar-refractivity contribution in [3.05, 3.63) is 176 Å². The second-order valence-electron chi connectivity index (χ2n) is 11.8. The van der Waals surface area contributed by atoms with Crippen LogP contribution in [0.3, 0.4) is 0 Å². The minimum Gasteiger partial charge on any atom is -0.310 e. The zero-order chi connectivity index (χ0) is 30.5. The van der Waals surface area contributed by atoms with Gasteiger partial charge >= 0.3 is 0 Å². The van der Waals surface area contributed by atoms with Crippen molar-refractivity contribution >= 4 is 70.1 Å². The van der Waals surface area contributed by atoms with E-state index in [1.807, 2.05) is 11.3 Å². The van der Waals surface area contributed by atoms with Gasteiger partial charge in [-0.1, -0.05) is 127 Å². The third kappa shape index (κ3) is 4.54. The number of benzene rings is 8. The molecule has 0 saturated carbocycles. The van der Waals surface area contributed by atoms with Gasteiger partial charge in [0.2, 0.25) is 0 Å². The smallest absolute Gasteiger partial charge is 0.0468 e. The van der Waals surface area contributed by atoms with Crippen molar-refractivity contribution in [1.29, 1.82) is 0 Å². The van der Waals surface area contributed by atoms with E-state index in [0.717, 1.165) is 17.1 Å². The molecule has 0 N–H and O–H groups in total. The maximum atomic E-state index is 2.41. The maximum absolute atomic E-state index is 2.41. The van der Waals surface area contributed by atoms with E-state index < -0.39 is 0 Å². The van der Waals surface area contributed by atoms with Gasteiger partial charge < -0.3 is 4.90 Å². The molecule has 1 aromatic heterocycles. The average molecular weight is 604 g/mol. The maximum Gasteiger partial charge on any atom is 0.0468 e. The van der Waals surface area contributed by atoms with Crippen LogP contribution in [0.2, 0.25) is 0 Å². The molecule has 9 aromatic rings. The van der Waals surface area contributed by atoms with Gasteiger partial charge in [-0.3, -0.25) is 0 Å². The molecular weight excluding hydrogens is 575 g/mol. The van der Waals surface area contributed by atoms with Crippen LogP contribution in [-0.2, 0) is 0 Å². The minimum absolute atomic E-state index is 1.12. The molecule has 0 radical (unpaired) electrons. The summed E-state index contributed by atoms with van der Waals surface area (Å²) in [4.78, 5) is 2.41. The van der Waals surface area contributed by atoms with Crippen LogP contribution in [0, 0.1) is 0 Å². The van der Waals surface area contributed by atoms with Gasteiger partial charge in [-0.05, 0) is 92.3 Å². The van der Waals surface area contributed by atoms with E-state index in [0.29, 0.717) is 0 Å². The number of rotatable bonds is 5. The van der Waals surface area contributed by atoms with Crippen LogP contribution in [0.1, 0.15) is 0 Å². The lowest BCUT2D eigenvalue weighted by atomic mass is 9.96. The van der Waals surface area contributed by atoms with Crippen molar-refractivity contribution in [2.45, 2.75) is 0 Å². The summed E-state index contributed by atoms with van der Waals surface area (Å²) in [5.74, 6) is 0.